The first-order chi connectivity index (χ1) is 3.77. The summed E-state index contributed by atoms with van der Waals surface area (Å²) in [4.78, 5) is 0. The number of hydrogen-bond acceptors (Lipinski definition) is 0. The third-order valence-corrected chi connectivity index (χ3v) is 3.45. The van der Waals surface area contributed by atoms with Crippen LogP contribution in [0.25, 0.3) is 0 Å². The van der Waals surface area contributed by atoms with E-state index in [-0.39, 0.29) is 0 Å². The molecule has 0 saturated carbocycles. The Bertz CT molecular complexity index is 41.7. The fourth-order valence-electron chi connectivity index (χ4n) is 0.803. The molecule has 0 aliphatic carbocycles. The van der Waals surface area contributed by atoms with E-state index in [2.05, 4.69) is 20.8 Å². The maximum atomic E-state index is 2.35. The van der Waals surface area contributed by atoms with Crippen LogP contribution in [0, 0.1) is 0 Å². The molecule has 0 fully saturated rings. The molecule has 0 heterocycles. The lowest BCUT2D eigenvalue weighted by Crippen LogP contribution is -1.92. The minimum Gasteiger partial charge on any atom is -0.145 e. The minimum atomic E-state index is 0.335. The van der Waals surface area contributed by atoms with Gasteiger partial charge in [-0.3, -0.25) is 0 Å². The minimum absolute atomic E-state index is 0.335. The molecule has 0 aromatic rings. The maximum absolute atomic E-state index is 2.35. The SMILES string of the molecule is CCC[CH2][Mg][CH](C)C. The summed E-state index contributed by atoms with van der Waals surface area (Å²) in [6, 6.07) is 0. The molecule has 0 nitrogen and oxygen atoms in total. The first-order valence-corrected chi connectivity index (χ1v) is 5.59. The Kier molecular flexibility index (Phi) is 6.46. The molecular formula is C7H16Mg. The van der Waals surface area contributed by atoms with Crippen LogP contribution in [0.4, 0.5) is 0 Å². The molecule has 0 aromatic carbocycles. The van der Waals surface area contributed by atoms with Gasteiger partial charge in [0.2, 0.25) is 0 Å². The molecule has 0 radical (unpaired) electrons. The van der Waals surface area contributed by atoms with Crippen molar-refractivity contribution in [2.75, 3.05) is 0 Å². The molecule has 0 unspecified atom stereocenters. The predicted octanol–water partition coefficient (Wildman–Crippen LogP) is 2.74. The van der Waals surface area contributed by atoms with Crippen LogP contribution in [0.15, 0.2) is 0 Å². The van der Waals surface area contributed by atoms with Crippen molar-refractivity contribution >= 4 is 20.4 Å². The molecule has 46 valence electrons. The van der Waals surface area contributed by atoms with E-state index in [1.807, 2.05) is 0 Å². The van der Waals surface area contributed by atoms with E-state index in [9.17, 15) is 0 Å². The lowest BCUT2D eigenvalue weighted by Gasteiger charge is -1.97. The van der Waals surface area contributed by atoms with E-state index >= 15 is 0 Å². The fraction of sp³-hybridized carbons (Fsp3) is 1.00. The summed E-state index contributed by atoms with van der Waals surface area (Å²) in [5.41, 5.74) is 0. The standard InChI is InChI=1S/C4H9.C3H7.Mg/c1-3-4-2;1-3-2;/h1,3-4H2,2H3;3H,1-2H3;. The van der Waals surface area contributed by atoms with E-state index < -0.39 is 0 Å². The summed E-state index contributed by atoms with van der Waals surface area (Å²) in [6.07, 6.45) is 2.87. The second-order valence-electron chi connectivity index (χ2n) is 2.89. The van der Waals surface area contributed by atoms with Gasteiger partial charge in [0.1, 0.15) is 0 Å². The lowest BCUT2D eigenvalue weighted by atomic mass is 10.4. The highest BCUT2D eigenvalue weighted by Gasteiger charge is 1.97. The van der Waals surface area contributed by atoms with Gasteiger partial charge in [-0.2, -0.15) is 0 Å². The summed E-state index contributed by atoms with van der Waals surface area (Å²) in [5.74, 6) is 0. The Hall–Kier alpha value is 0.766. The maximum Gasteiger partial charge on any atom is 0.367 e. The molecule has 1 heteroatoms. The zero-order valence-corrected chi connectivity index (χ0v) is 7.82. The average Bonchev–Trinajstić information content (AvgIpc) is 1.66. The van der Waals surface area contributed by atoms with Gasteiger partial charge in [-0.25, -0.2) is 0 Å². The Labute approximate surface area is 62.8 Å². The fourth-order valence-corrected chi connectivity index (χ4v) is 2.41. The van der Waals surface area contributed by atoms with Gasteiger partial charge in [-0.15, -0.1) is 8.60 Å². The van der Waals surface area contributed by atoms with Crippen molar-refractivity contribution in [3.05, 3.63) is 0 Å². The molecule has 0 bridgehead atoms. The summed E-state index contributed by atoms with van der Waals surface area (Å²) < 4.78 is 2.61. The van der Waals surface area contributed by atoms with E-state index in [4.69, 9.17) is 0 Å². The molecule has 0 amide bonds. The van der Waals surface area contributed by atoms with E-state index in [0.717, 1.165) is 4.05 Å². The zero-order chi connectivity index (χ0) is 6.41. The Morgan fingerprint density at radius 3 is 2.38 bits per heavy atom. The summed E-state index contributed by atoms with van der Waals surface area (Å²) in [5, 5.41) is 0. The van der Waals surface area contributed by atoms with Crippen LogP contribution in [-0.2, 0) is 0 Å². The van der Waals surface area contributed by atoms with E-state index in [1.165, 1.54) is 12.8 Å². The number of hydrogen-bond donors (Lipinski definition) is 0. The molecular weight excluding hydrogens is 108 g/mol. The first kappa shape index (κ1) is 8.77. The van der Waals surface area contributed by atoms with Gasteiger partial charge in [0.05, 0.1) is 0 Å². The molecule has 0 saturated heterocycles. The van der Waals surface area contributed by atoms with Crippen LogP contribution >= 0.6 is 0 Å². The van der Waals surface area contributed by atoms with Gasteiger partial charge in [-0.05, 0) is 0 Å². The molecule has 0 spiro atoms. The second kappa shape index (κ2) is 5.89. The molecule has 0 atom stereocenters. The Morgan fingerprint density at radius 2 is 2.00 bits per heavy atom. The van der Waals surface area contributed by atoms with Crippen LogP contribution in [0.2, 0.25) is 8.60 Å². The average molecular weight is 125 g/mol. The predicted molar refractivity (Wildman–Crippen MR) is 40.6 cm³/mol. The molecule has 0 aliphatic heterocycles. The van der Waals surface area contributed by atoms with Gasteiger partial charge in [0, 0.05) is 0 Å². The molecule has 0 aromatic heterocycles. The van der Waals surface area contributed by atoms with Crippen LogP contribution < -0.4 is 0 Å². The lowest BCUT2D eigenvalue weighted by molar-refractivity contribution is 0.868. The highest BCUT2D eigenvalue weighted by atomic mass is 24.5. The second-order valence-corrected chi connectivity index (χ2v) is 5.81. The van der Waals surface area contributed by atoms with Crippen LogP contribution in [0.3, 0.4) is 0 Å². The van der Waals surface area contributed by atoms with Crippen molar-refractivity contribution in [2.45, 2.75) is 42.2 Å². The van der Waals surface area contributed by atoms with Crippen molar-refractivity contribution in [1.82, 2.24) is 0 Å². The van der Waals surface area contributed by atoms with Crippen LogP contribution in [0.1, 0.15) is 33.6 Å². The molecule has 0 N–H and O–H groups in total. The summed E-state index contributed by atoms with van der Waals surface area (Å²) in [6.45, 7) is 6.97. The first-order valence-electron chi connectivity index (χ1n) is 3.77. The van der Waals surface area contributed by atoms with Crippen LogP contribution in [-0.4, -0.2) is 20.4 Å². The zero-order valence-electron chi connectivity index (χ0n) is 6.41. The van der Waals surface area contributed by atoms with Crippen molar-refractivity contribution in [3.8, 4) is 0 Å². The quantitative estimate of drug-likeness (QED) is 0.399. The van der Waals surface area contributed by atoms with Gasteiger partial charge < -0.3 is 0 Å². The largest absolute Gasteiger partial charge is 0.367 e. The van der Waals surface area contributed by atoms with Gasteiger partial charge in [0.25, 0.3) is 0 Å². The number of unbranched alkanes of at least 4 members (excludes halogenated alkanes) is 1. The highest BCUT2D eigenvalue weighted by molar-refractivity contribution is 6.37. The molecule has 0 aliphatic rings. The third kappa shape index (κ3) is 6.77. The summed E-state index contributed by atoms with van der Waals surface area (Å²) >= 11 is 0.335. The van der Waals surface area contributed by atoms with Gasteiger partial charge in [0.15, 0.2) is 0 Å². The normalized spacial score (nSPS) is 9.50. The molecule has 8 heavy (non-hydrogen) atoms. The van der Waals surface area contributed by atoms with Gasteiger partial charge >= 0.3 is 20.4 Å². The van der Waals surface area contributed by atoms with Crippen molar-refractivity contribution < 1.29 is 0 Å². The molecule has 0 rings (SSSR count). The van der Waals surface area contributed by atoms with Crippen molar-refractivity contribution in [3.63, 3.8) is 0 Å². The highest BCUT2D eigenvalue weighted by Crippen LogP contribution is 2.03. The number of rotatable bonds is 4. The van der Waals surface area contributed by atoms with Gasteiger partial charge in [-0.1, -0.05) is 33.6 Å². The Morgan fingerprint density at radius 1 is 1.38 bits per heavy atom. The van der Waals surface area contributed by atoms with Crippen molar-refractivity contribution in [2.24, 2.45) is 0 Å². The smallest absolute Gasteiger partial charge is 0.145 e. The monoisotopic (exact) mass is 124 g/mol. The van der Waals surface area contributed by atoms with Crippen LogP contribution in [0.5, 0.6) is 0 Å². The van der Waals surface area contributed by atoms with Crippen molar-refractivity contribution in [1.29, 1.82) is 0 Å². The Balaban J connectivity index is 2.72. The third-order valence-electron chi connectivity index (χ3n) is 1.39. The van der Waals surface area contributed by atoms with E-state index in [0.29, 0.717) is 20.4 Å². The van der Waals surface area contributed by atoms with E-state index in [1.54, 1.807) is 4.55 Å². The summed E-state index contributed by atoms with van der Waals surface area (Å²) in [7, 11) is 0. The topological polar surface area (TPSA) is 0 Å².